The Morgan fingerprint density at radius 3 is 2.66 bits per heavy atom. The van der Waals surface area contributed by atoms with Crippen molar-refractivity contribution in [1.82, 2.24) is 20.1 Å². The predicted molar refractivity (Wildman–Crippen MR) is 115 cm³/mol. The Morgan fingerprint density at radius 1 is 1.14 bits per heavy atom. The first-order valence-corrected chi connectivity index (χ1v) is 11.1. The van der Waals surface area contributed by atoms with Gasteiger partial charge in [-0.05, 0) is 43.5 Å². The van der Waals surface area contributed by atoms with E-state index in [0.29, 0.717) is 18.7 Å². The van der Waals surface area contributed by atoms with Gasteiger partial charge < -0.3 is 5.32 Å². The molecule has 1 aromatic heterocycles. The van der Waals surface area contributed by atoms with Gasteiger partial charge in [-0.3, -0.25) is 14.6 Å². The number of amides is 1. The third-order valence-corrected chi connectivity index (χ3v) is 5.70. The van der Waals surface area contributed by atoms with Gasteiger partial charge in [0.25, 0.3) is 0 Å². The number of pyridine rings is 1. The predicted octanol–water partition coefficient (Wildman–Crippen LogP) is 2.50. The molecule has 1 fully saturated rings. The highest BCUT2D eigenvalue weighted by Crippen LogP contribution is 2.18. The monoisotopic (exact) mass is 409 g/mol. The van der Waals surface area contributed by atoms with Gasteiger partial charge in [-0.2, -0.15) is 5.26 Å². The molecule has 1 aliphatic heterocycles. The van der Waals surface area contributed by atoms with Crippen LogP contribution in [0.15, 0.2) is 47.5 Å². The van der Waals surface area contributed by atoms with Crippen molar-refractivity contribution >= 4 is 17.7 Å². The van der Waals surface area contributed by atoms with Gasteiger partial charge in [0.2, 0.25) is 5.91 Å². The minimum atomic E-state index is 0.0701. The Balaban J connectivity index is 1.46. The number of carbonyl (C=O) groups excluding carboxylic acids is 1. The lowest BCUT2D eigenvalue weighted by Gasteiger charge is -2.21. The molecule has 0 bridgehead atoms. The number of nitrogens with zero attached hydrogens (tertiary/aromatic N) is 4. The summed E-state index contributed by atoms with van der Waals surface area (Å²) in [5, 5.41) is 12.9. The number of carbonyl (C=O) groups is 1. The molecule has 0 saturated carbocycles. The van der Waals surface area contributed by atoms with Gasteiger partial charge in [0.15, 0.2) is 0 Å². The van der Waals surface area contributed by atoms with Crippen LogP contribution in [0.4, 0.5) is 0 Å². The van der Waals surface area contributed by atoms with Gasteiger partial charge in [0.1, 0.15) is 11.1 Å². The molecule has 1 N–H and O–H groups in total. The normalized spacial score (nSPS) is 15.4. The van der Waals surface area contributed by atoms with Crippen LogP contribution in [-0.2, 0) is 17.9 Å². The molecule has 1 saturated heterocycles. The lowest BCUT2D eigenvalue weighted by Crippen LogP contribution is -2.39. The molecular formula is C22H27N5OS. The van der Waals surface area contributed by atoms with E-state index in [2.05, 4.69) is 26.2 Å². The SMILES string of the molecule is CSc1nc(CN2CCCN(CC(=O)NCc3ccccc3)CC2)ccc1C#N. The van der Waals surface area contributed by atoms with E-state index in [1.807, 2.05) is 48.7 Å². The fraction of sp³-hybridized carbons (Fsp3) is 0.409. The number of nitrogens with one attached hydrogen (secondary N) is 1. The number of thioether (sulfide) groups is 1. The summed E-state index contributed by atoms with van der Waals surface area (Å²) in [5.74, 6) is 0.0701. The van der Waals surface area contributed by atoms with E-state index in [9.17, 15) is 4.79 Å². The van der Waals surface area contributed by atoms with Crippen molar-refractivity contribution in [3.05, 3.63) is 59.3 Å². The summed E-state index contributed by atoms with van der Waals surface area (Å²) in [4.78, 5) is 21.5. The second-order valence-corrected chi connectivity index (χ2v) is 7.93. The molecule has 1 amide bonds. The summed E-state index contributed by atoms with van der Waals surface area (Å²) in [7, 11) is 0. The third kappa shape index (κ3) is 6.57. The summed E-state index contributed by atoms with van der Waals surface area (Å²) >= 11 is 1.51. The molecule has 152 valence electrons. The summed E-state index contributed by atoms with van der Waals surface area (Å²) in [6.07, 6.45) is 2.97. The zero-order valence-corrected chi connectivity index (χ0v) is 17.6. The average Bonchev–Trinajstić information content (AvgIpc) is 2.98. The van der Waals surface area contributed by atoms with Crippen LogP contribution in [0.1, 0.15) is 23.2 Å². The molecular weight excluding hydrogens is 382 g/mol. The minimum absolute atomic E-state index is 0.0701. The molecule has 0 spiro atoms. The van der Waals surface area contributed by atoms with Gasteiger partial charge in [0.05, 0.1) is 17.8 Å². The molecule has 29 heavy (non-hydrogen) atoms. The van der Waals surface area contributed by atoms with Crippen molar-refractivity contribution in [2.45, 2.75) is 24.5 Å². The first kappa shape index (κ1) is 21.3. The highest BCUT2D eigenvalue weighted by atomic mass is 32.2. The van der Waals surface area contributed by atoms with E-state index in [0.717, 1.165) is 55.4 Å². The van der Waals surface area contributed by atoms with Crippen LogP contribution in [0.25, 0.3) is 0 Å². The maximum atomic E-state index is 12.3. The fourth-order valence-corrected chi connectivity index (χ4v) is 3.97. The van der Waals surface area contributed by atoms with Crippen molar-refractivity contribution in [2.24, 2.45) is 0 Å². The Bertz CT molecular complexity index is 852. The molecule has 0 unspecified atom stereocenters. The van der Waals surface area contributed by atoms with E-state index in [1.54, 1.807) is 0 Å². The Morgan fingerprint density at radius 2 is 1.90 bits per heavy atom. The lowest BCUT2D eigenvalue weighted by atomic mass is 10.2. The van der Waals surface area contributed by atoms with Crippen LogP contribution in [0.2, 0.25) is 0 Å². The molecule has 0 atom stereocenters. The maximum Gasteiger partial charge on any atom is 0.234 e. The van der Waals surface area contributed by atoms with Crippen LogP contribution in [-0.4, -0.2) is 59.7 Å². The number of hydrogen-bond acceptors (Lipinski definition) is 6. The number of nitriles is 1. The maximum absolute atomic E-state index is 12.3. The molecule has 2 aromatic rings. The van der Waals surface area contributed by atoms with Crippen LogP contribution in [0.3, 0.4) is 0 Å². The number of rotatable bonds is 7. The van der Waals surface area contributed by atoms with E-state index < -0.39 is 0 Å². The quantitative estimate of drug-likeness (QED) is 0.709. The minimum Gasteiger partial charge on any atom is -0.351 e. The van der Waals surface area contributed by atoms with Crippen LogP contribution < -0.4 is 5.32 Å². The summed E-state index contributed by atoms with van der Waals surface area (Å²) < 4.78 is 0. The van der Waals surface area contributed by atoms with E-state index in [1.165, 1.54) is 11.8 Å². The topological polar surface area (TPSA) is 72.3 Å². The van der Waals surface area contributed by atoms with E-state index in [4.69, 9.17) is 5.26 Å². The van der Waals surface area contributed by atoms with Crippen LogP contribution in [0.5, 0.6) is 0 Å². The van der Waals surface area contributed by atoms with Gasteiger partial charge in [0, 0.05) is 26.2 Å². The van der Waals surface area contributed by atoms with E-state index in [-0.39, 0.29) is 5.91 Å². The molecule has 7 heteroatoms. The molecule has 1 aromatic carbocycles. The highest BCUT2D eigenvalue weighted by molar-refractivity contribution is 7.98. The van der Waals surface area contributed by atoms with Crippen molar-refractivity contribution in [3.63, 3.8) is 0 Å². The van der Waals surface area contributed by atoms with Crippen LogP contribution in [0, 0.1) is 11.3 Å². The third-order valence-electron chi connectivity index (χ3n) is 5.00. The standard InChI is InChI=1S/C22H27N5OS/c1-29-22-19(14-23)8-9-20(25-22)16-26-10-5-11-27(13-12-26)17-21(28)24-15-18-6-3-2-4-7-18/h2-4,6-9H,5,10-13,15-17H2,1H3,(H,24,28). The summed E-state index contributed by atoms with van der Waals surface area (Å²) in [5.41, 5.74) is 2.73. The van der Waals surface area contributed by atoms with Gasteiger partial charge in [-0.15, -0.1) is 11.8 Å². The second-order valence-electron chi connectivity index (χ2n) is 7.14. The highest BCUT2D eigenvalue weighted by Gasteiger charge is 2.18. The van der Waals surface area contributed by atoms with Gasteiger partial charge in [-0.1, -0.05) is 30.3 Å². The smallest absolute Gasteiger partial charge is 0.234 e. The Kier molecular flexibility index (Phi) is 8.05. The zero-order chi connectivity index (χ0) is 20.5. The van der Waals surface area contributed by atoms with Crippen molar-refractivity contribution in [3.8, 4) is 6.07 Å². The molecule has 2 heterocycles. The van der Waals surface area contributed by atoms with Crippen molar-refractivity contribution in [2.75, 3.05) is 39.0 Å². The van der Waals surface area contributed by atoms with Crippen molar-refractivity contribution < 1.29 is 4.79 Å². The zero-order valence-electron chi connectivity index (χ0n) is 16.8. The lowest BCUT2D eigenvalue weighted by molar-refractivity contribution is -0.122. The molecule has 3 rings (SSSR count). The largest absolute Gasteiger partial charge is 0.351 e. The number of aromatic nitrogens is 1. The average molecular weight is 410 g/mol. The molecule has 0 aliphatic carbocycles. The van der Waals surface area contributed by atoms with Gasteiger partial charge in [-0.25, -0.2) is 4.98 Å². The van der Waals surface area contributed by atoms with Crippen LogP contribution >= 0.6 is 11.8 Å². The molecule has 1 aliphatic rings. The summed E-state index contributed by atoms with van der Waals surface area (Å²) in [6.45, 7) is 5.46. The summed E-state index contributed by atoms with van der Waals surface area (Å²) in [6, 6.07) is 16.0. The first-order chi connectivity index (χ1) is 14.2. The first-order valence-electron chi connectivity index (χ1n) is 9.87. The Labute approximate surface area is 176 Å². The number of hydrogen-bond donors (Lipinski definition) is 1. The van der Waals surface area contributed by atoms with E-state index >= 15 is 0 Å². The fourth-order valence-electron chi connectivity index (χ4n) is 3.43. The Hall–Kier alpha value is -2.40. The number of benzene rings is 1. The van der Waals surface area contributed by atoms with Crippen molar-refractivity contribution in [1.29, 1.82) is 5.26 Å². The van der Waals surface area contributed by atoms with Gasteiger partial charge >= 0.3 is 0 Å². The second kappa shape index (κ2) is 11.0. The molecule has 0 radical (unpaired) electrons. The molecule has 6 nitrogen and oxygen atoms in total.